The van der Waals surface area contributed by atoms with E-state index in [0.29, 0.717) is 12.4 Å². The van der Waals surface area contributed by atoms with Gasteiger partial charge in [0.2, 0.25) is 0 Å². The van der Waals surface area contributed by atoms with Crippen molar-refractivity contribution in [2.24, 2.45) is 5.92 Å². The van der Waals surface area contributed by atoms with Crippen LogP contribution >= 0.6 is 0 Å². The summed E-state index contributed by atoms with van der Waals surface area (Å²) in [5.41, 5.74) is 0.726. The topological polar surface area (TPSA) is 28.2 Å². The Balaban J connectivity index is 1.98. The highest BCUT2D eigenvalue weighted by molar-refractivity contribution is 5.43. The quantitative estimate of drug-likeness (QED) is 0.776. The Morgan fingerprint density at radius 2 is 2.05 bits per heavy atom. The number of aromatic nitrogens is 1. The van der Waals surface area contributed by atoms with Crippen LogP contribution in [0.15, 0.2) is 12.3 Å². The molecule has 1 saturated heterocycles. The maximum Gasteiger partial charge on any atom is 0.170 e. The van der Waals surface area contributed by atoms with Gasteiger partial charge in [0.05, 0.1) is 0 Å². The summed E-state index contributed by atoms with van der Waals surface area (Å²) in [5, 5.41) is 3.26. The monoisotopic (exact) mass is 293 g/mol. The van der Waals surface area contributed by atoms with E-state index in [1.54, 1.807) is 12.3 Å². The molecule has 0 spiro atoms. The summed E-state index contributed by atoms with van der Waals surface area (Å²) >= 11 is 0. The fourth-order valence-corrected chi connectivity index (χ4v) is 3.07. The van der Waals surface area contributed by atoms with Crippen molar-refractivity contribution in [2.45, 2.75) is 52.5 Å². The minimum Gasteiger partial charge on any atom is -0.354 e. The molecular formula is C17H28FN3. The highest BCUT2D eigenvalue weighted by Gasteiger charge is 2.22. The van der Waals surface area contributed by atoms with Gasteiger partial charge in [-0.1, -0.05) is 26.7 Å². The first-order valence-electron chi connectivity index (χ1n) is 8.35. The first-order chi connectivity index (χ1) is 10.3. The molecule has 0 bridgehead atoms. The number of nitrogens with one attached hydrogen (secondary N) is 1. The predicted molar refractivity (Wildman–Crippen MR) is 86.0 cm³/mol. The Labute approximate surface area is 127 Å². The Bertz CT molecular complexity index is 428. The standard InChI is InChI=1S/C17H28FN3/c1-3-5-14-7-11-21(12-8-14)17-16(18)15(6-10-20-17)13-19-9-4-2/h6,10,14,19H,3-5,7-9,11-13H2,1-2H3. The molecule has 1 aromatic rings. The van der Waals surface area contributed by atoms with E-state index in [4.69, 9.17) is 0 Å². The van der Waals surface area contributed by atoms with Gasteiger partial charge in [-0.15, -0.1) is 0 Å². The third-order valence-corrected chi connectivity index (χ3v) is 4.30. The second kappa shape index (κ2) is 8.32. The van der Waals surface area contributed by atoms with Crippen LogP contribution in [0.2, 0.25) is 0 Å². The largest absolute Gasteiger partial charge is 0.354 e. The highest BCUT2D eigenvalue weighted by Crippen LogP contribution is 2.27. The fraction of sp³-hybridized carbons (Fsp3) is 0.706. The van der Waals surface area contributed by atoms with E-state index in [2.05, 4.69) is 29.0 Å². The SMILES string of the molecule is CCCNCc1ccnc(N2CCC(CCC)CC2)c1F. The molecule has 1 aliphatic rings. The van der Waals surface area contributed by atoms with Crippen LogP contribution in [-0.2, 0) is 6.54 Å². The zero-order valence-electron chi connectivity index (χ0n) is 13.4. The van der Waals surface area contributed by atoms with E-state index in [1.807, 2.05) is 0 Å². The third kappa shape index (κ3) is 4.40. The molecule has 118 valence electrons. The van der Waals surface area contributed by atoms with Crippen LogP contribution in [0.4, 0.5) is 10.2 Å². The fourth-order valence-electron chi connectivity index (χ4n) is 3.07. The maximum atomic E-state index is 14.6. The molecule has 3 nitrogen and oxygen atoms in total. The number of hydrogen-bond acceptors (Lipinski definition) is 3. The maximum absolute atomic E-state index is 14.6. The van der Waals surface area contributed by atoms with Gasteiger partial charge in [0, 0.05) is 31.4 Å². The molecule has 0 unspecified atom stereocenters. The van der Waals surface area contributed by atoms with E-state index >= 15 is 0 Å². The number of anilines is 1. The van der Waals surface area contributed by atoms with Crippen LogP contribution in [-0.4, -0.2) is 24.6 Å². The van der Waals surface area contributed by atoms with Gasteiger partial charge in [0.15, 0.2) is 11.6 Å². The molecule has 1 aliphatic heterocycles. The molecule has 2 heterocycles. The number of nitrogens with zero attached hydrogens (tertiary/aromatic N) is 2. The van der Waals surface area contributed by atoms with Gasteiger partial charge in [-0.25, -0.2) is 9.37 Å². The van der Waals surface area contributed by atoms with E-state index < -0.39 is 0 Å². The first-order valence-corrected chi connectivity index (χ1v) is 8.35. The van der Waals surface area contributed by atoms with Gasteiger partial charge in [0.1, 0.15) is 0 Å². The van der Waals surface area contributed by atoms with Crippen LogP contribution in [0, 0.1) is 11.7 Å². The van der Waals surface area contributed by atoms with Crippen LogP contribution in [0.25, 0.3) is 0 Å². The zero-order chi connectivity index (χ0) is 15.1. The second-order valence-electron chi connectivity index (χ2n) is 6.00. The summed E-state index contributed by atoms with van der Waals surface area (Å²) < 4.78 is 14.6. The Hall–Kier alpha value is -1.16. The normalized spacial score (nSPS) is 16.4. The van der Waals surface area contributed by atoms with E-state index in [1.165, 1.54) is 12.8 Å². The third-order valence-electron chi connectivity index (χ3n) is 4.30. The average molecular weight is 293 g/mol. The second-order valence-corrected chi connectivity index (χ2v) is 6.00. The number of halogens is 1. The number of piperidine rings is 1. The molecule has 1 aromatic heterocycles. The molecule has 21 heavy (non-hydrogen) atoms. The molecule has 0 atom stereocenters. The average Bonchev–Trinajstić information content (AvgIpc) is 2.51. The molecule has 0 amide bonds. The minimum atomic E-state index is -0.143. The molecule has 0 aromatic carbocycles. The van der Waals surface area contributed by atoms with Crippen LogP contribution < -0.4 is 10.2 Å². The summed E-state index contributed by atoms with van der Waals surface area (Å²) in [6.45, 7) is 7.71. The molecule has 0 aliphatic carbocycles. The zero-order valence-corrected chi connectivity index (χ0v) is 13.4. The lowest BCUT2D eigenvalue weighted by atomic mass is 9.92. The molecule has 0 saturated carbocycles. The lowest BCUT2D eigenvalue weighted by Gasteiger charge is -2.33. The Morgan fingerprint density at radius 1 is 1.29 bits per heavy atom. The Kier molecular flexibility index (Phi) is 6.43. The first kappa shape index (κ1) is 16.2. The van der Waals surface area contributed by atoms with Crippen LogP contribution in [0.3, 0.4) is 0 Å². The van der Waals surface area contributed by atoms with Crippen molar-refractivity contribution in [1.29, 1.82) is 0 Å². The van der Waals surface area contributed by atoms with Gasteiger partial charge in [-0.2, -0.15) is 0 Å². The predicted octanol–water partition coefficient (Wildman–Crippen LogP) is 3.74. The molecule has 2 rings (SSSR count). The van der Waals surface area contributed by atoms with Crippen molar-refractivity contribution in [3.8, 4) is 0 Å². The van der Waals surface area contributed by atoms with Crippen molar-refractivity contribution in [2.75, 3.05) is 24.5 Å². The van der Waals surface area contributed by atoms with Crippen molar-refractivity contribution < 1.29 is 4.39 Å². The molecule has 0 radical (unpaired) electrons. The number of hydrogen-bond donors (Lipinski definition) is 1. The lowest BCUT2D eigenvalue weighted by molar-refractivity contribution is 0.375. The Morgan fingerprint density at radius 3 is 2.71 bits per heavy atom. The van der Waals surface area contributed by atoms with Gasteiger partial charge in [-0.3, -0.25) is 0 Å². The smallest absolute Gasteiger partial charge is 0.170 e. The molecule has 1 N–H and O–H groups in total. The summed E-state index contributed by atoms with van der Waals surface area (Å²) in [7, 11) is 0. The lowest BCUT2D eigenvalue weighted by Crippen LogP contribution is -2.35. The van der Waals surface area contributed by atoms with Gasteiger partial charge < -0.3 is 10.2 Å². The summed E-state index contributed by atoms with van der Waals surface area (Å²) in [4.78, 5) is 6.40. The van der Waals surface area contributed by atoms with Gasteiger partial charge in [0.25, 0.3) is 0 Å². The minimum absolute atomic E-state index is 0.143. The van der Waals surface area contributed by atoms with Crippen molar-refractivity contribution in [1.82, 2.24) is 10.3 Å². The number of rotatable bonds is 7. The molecular weight excluding hydrogens is 265 g/mol. The van der Waals surface area contributed by atoms with Crippen molar-refractivity contribution in [3.05, 3.63) is 23.6 Å². The van der Waals surface area contributed by atoms with Crippen molar-refractivity contribution in [3.63, 3.8) is 0 Å². The van der Waals surface area contributed by atoms with Crippen molar-refractivity contribution >= 4 is 5.82 Å². The van der Waals surface area contributed by atoms with Crippen LogP contribution in [0.1, 0.15) is 51.5 Å². The summed E-state index contributed by atoms with van der Waals surface area (Å²) in [6, 6.07) is 1.78. The van der Waals surface area contributed by atoms with E-state index in [9.17, 15) is 4.39 Å². The van der Waals surface area contributed by atoms with Gasteiger partial charge in [-0.05, 0) is 37.8 Å². The highest BCUT2D eigenvalue weighted by atomic mass is 19.1. The van der Waals surface area contributed by atoms with E-state index in [0.717, 1.165) is 50.4 Å². The summed E-state index contributed by atoms with van der Waals surface area (Å²) in [5.74, 6) is 1.21. The molecule has 4 heteroatoms. The number of pyridine rings is 1. The van der Waals surface area contributed by atoms with Gasteiger partial charge >= 0.3 is 0 Å². The molecule has 1 fully saturated rings. The summed E-state index contributed by atoms with van der Waals surface area (Å²) in [6.07, 6.45) is 7.66. The van der Waals surface area contributed by atoms with E-state index in [-0.39, 0.29) is 5.82 Å². The van der Waals surface area contributed by atoms with Crippen LogP contribution in [0.5, 0.6) is 0 Å².